The zero-order valence-corrected chi connectivity index (χ0v) is 37.1. The first-order valence-electron chi connectivity index (χ1n) is 21.4. The summed E-state index contributed by atoms with van der Waals surface area (Å²) in [4.78, 5) is 13.7. The van der Waals surface area contributed by atoms with Crippen molar-refractivity contribution in [3.8, 4) is 0 Å². The molecule has 10 aromatic rings. The van der Waals surface area contributed by atoms with Crippen molar-refractivity contribution in [1.29, 1.82) is 0 Å². The maximum absolute atomic E-state index is 15.4. The number of aromatic nitrogens is 1. The van der Waals surface area contributed by atoms with E-state index in [-0.39, 0.29) is 5.78 Å². The molecule has 76 heavy (non-hydrogen) atoms. The maximum atomic E-state index is 15.4. The highest BCUT2D eigenvalue weighted by Crippen LogP contribution is 2.34. The van der Waals surface area contributed by atoms with Crippen LogP contribution in [-0.4, -0.2) is 11.9 Å². The number of carbonyl (C=O) groups is 1. The van der Waals surface area contributed by atoms with Crippen LogP contribution in [0.3, 0.4) is 0 Å². The van der Waals surface area contributed by atoms with Crippen molar-refractivity contribution in [2.24, 2.45) is 0 Å². The zero-order chi connectivity index (χ0) is 55.1. The number of benzene rings is 9. The van der Waals surface area contributed by atoms with Gasteiger partial charge in [0, 0.05) is 17.0 Å². The lowest BCUT2D eigenvalue weighted by Gasteiger charge is -2.44. The van der Waals surface area contributed by atoms with Crippen LogP contribution in [0.5, 0.6) is 0 Å². The van der Waals surface area contributed by atoms with Gasteiger partial charge < -0.3 is 0 Å². The van der Waals surface area contributed by atoms with Gasteiger partial charge in [-0.15, -0.1) is 21.9 Å². The number of fused-ring (bicyclic) bond motifs is 4. The van der Waals surface area contributed by atoms with Crippen LogP contribution in [0.2, 0.25) is 0 Å². The van der Waals surface area contributed by atoms with Gasteiger partial charge in [0.15, 0.2) is 82.2 Å². The highest BCUT2D eigenvalue weighted by atomic mass is 19.2. The molecule has 0 N–H and O–H groups in total. The van der Waals surface area contributed by atoms with Gasteiger partial charge in [-0.25, -0.2) is 87.8 Å². The Kier molecular flexibility index (Phi) is 13.3. The van der Waals surface area contributed by atoms with Gasteiger partial charge in [-0.05, 0) is 62.0 Å². The largest absolute Gasteiger partial charge is 0.287 e. The molecule has 0 atom stereocenters. The van der Waals surface area contributed by atoms with Gasteiger partial charge in [0.05, 0.1) is 0 Å². The average molecular weight is 1080 g/mol. The summed E-state index contributed by atoms with van der Waals surface area (Å²) >= 11 is 0. The number of hydrogen-bond donors (Lipinski definition) is 0. The van der Waals surface area contributed by atoms with Crippen LogP contribution in [0.25, 0.3) is 43.1 Å². The van der Waals surface area contributed by atoms with E-state index in [1.54, 1.807) is 0 Å². The molecule has 0 amide bonds. The highest BCUT2D eigenvalue weighted by Gasteiger charge is 2.52. The number of carbonyl (C=O) groups excluding carboxylic acids is 1. The number of rotatable bonds is 7. The minimum absolute atomic E-state index is 0.123. The lowest BCUT2D eigenvalue weighted by atomic mass is 9.12. The smallest absolute Gasteiger partial charge is 0.228 e. The second kappa shape index (κ2) is 19.3. The van der Waals surface area contributed by atoms with E-state index in [2.05, 4.69) is 72.9 Å². The van der Waals surface area contributed by atoms with Crippen LogP contribution in [-0.2, 0) is 6.54 Å². The molecule has 1 aromatic heterocycles. The summed E-state index contributed by atoms with van der Waals surface area (Å²) in [6, 6.07) is 33.3. The van der Waals surface area contributed by atoms with Gasteiger partial charge in [0.25, 0.3) is 0 Å². The Morgan fingerprint density at radius 1 is 0.316 bits per heavy atom. The second-order valence-corrected chi connectivity index (χ2v) is 16.9. The molecule has 23 heteroatoms. The van der Waals surface area contributed by atoms with Gasteiger partial charge in [-0.1, -0.05) is 66.7 Å². The van der Waals surface area contributed by atoms with E-state index in [1.165, 1.54) is 10.8 Å². The molecule has 10 rings (SSSR count). The number of ketones is 1. The quantitative estimate of drug-likeness (QED) is 0.0296. The predicted octanol–water partition coefficient (Wildman–Crippen LogP) is 12.3. The molecule has 0 spiro atoms. The molecule has 0 radical (unpaired) electrons. The van der Waals surface area contributed by atoms with Crippen molar-refractivity contribution in [1.82, 2.24) is 0 Å². The van der Waals surface area contributed by atoms with Crippen LogP contribution in [0.15, 0.2) is 109 Å². The lowest BCUT2D eigenvalue weighted by molar-refractivity contribution is -0.681. The molecule has 0 aliphatic rings. The van der Waals surface area contributed by atoms with Crippen LogP contribution < -0.4 is 26.4 Å². The summed E-state index contributed by atoms with van der Waals surface area (Å²) in [5, 5.41) is 8.87. The number of Topliss-reactive ketones (excluding diaryl/α,β-unsaturated/α-hetero) is 1. The Bertz CT molecular complexity index is 3740. The molecular formula is C53H20BF20NO. The van der Waals surface area contributed by atoms with Gasteiger partial charge in [-0.3, -0.25) is 4.79 Å². The van der Waals surface area contributed by atoms with Crippen LogP contribution >= 0.6 is 0 Å². The molecule has 386 valence electrons. The summed E-state index contributed by atoms with van der Waals surface area (Å²) in [5.74, 6) is -71.3. The van der Waals surface area contributed by atoms with Crippen LogP contribution in [0.4, 0.5) is 87.8 Å². The first-order chi connectivity index (χ1) is 36.0. The van der Waals surface area contributed by atoms with Crippen molar-refractivity contribution in [3.05, 3.63) is 231 Å². The minimum Gasteiger partial charge on any atom is -0.287 e. The zero-order valence-electron chi connectivity index (χ0n) is 37.1. The second-order valence-electron chi connectivity index (χ2n) is 16.9. The average Bonchev–Trinajstić information content (AvgIpc) is 3.47. The number of hydrogen-bond acceptors (Lipinski definition) is 1. The molecule has 2 nitrogen and oxygen atoms in total. The number of pyridine rings is 1. The van der Waals surface area contributed by atoms with E-state index in [0.29, 0.717) is 6.54 Å². The first-order valence-corrected chi connectivity index (χ1v) is 21.4. The summed E-state index contributed by atoms with van der Waals surface area (Å²) in [6.45, 7) is 0.306. The van der Waals surface area contributed by atoms with Crippen molar-refractivity contribution in [2.45, 2.75) is 6.54 Å². The molecule has 0 fully saturated rings. The fraction of sp³-hybridized carbons (Fsp3) is 0.0189. The SMILES string of the molecule is Fc1c(F)c(F)c([B-](c2c(F)c(F)c(F)c(F)c2F)(c2c(F)c(F)c(F)c(F)c2F)c2c(F)c(F)c(F)c(F)c2F)c(F)c1F.O=C(C[n+]1ccc2ccccc2c1)c1c2ccccc2cc2cc3ccccc3cc12. The Labute approximate surface area is 411 Å². The summed E-state index contributed by atoms with van der Waals surface area (Å²) in [7, 11) is 0. The lowest BCUT2D eigenvalue weighted by Crippen LogP contribution is -2.81. The van der Waals surface area contributed by atoms with Crippen molar-refractivity contribution in [3.63, 3.8) is 0 Å². The minimum atomic E-state index is -7.22. The molecule has 1 heterocycles. The van der Waals surface area contributed by atoms with Crippen molar-refractivity contribution < 1.29 is 97.2 Å². The summed E-state index contributed by atoms with van der Waals surface area (Å²) < 4.78 is 296. The van der Waals surface area contributed by atoms with E-state index in [9.17, 15) is 57.5 Å². The van der Waals surface area contributed by atoms with Crippen molar-refractivity contribution >= 4 is 76.9 Å². The Morgan fingerprint density at radius 2 is 0.618 bits per heavy atom. The Balaban J connectivity index is 0.000000197. The van der Waals surface area contributed by atoms with E-state index in [4.69, 9.17) is 0 Å². The monoisotopic (exact) mass is 1080 g/mol. The predicted molar refractivity (Wildman–Crippen MR) is 237 cm³/mol. The van der Waals surface area contributed by atoms with Crippen LogP contribution in [0.1, 0.15) is 10.4 Å². The molecule has 0 unspecified atom stereocenters. The fourth-order valence-electron chi connectivity index (χ4n) is 9.45. The van der Waals surface area contributed by atoms with Crippen molar-refractivity contribution in [2.75, 3.05) is 0 Å². The van der Waals surface area contributed by atoms with Gasteiger partial charge in [0.1, 0.15) is 52.7 Å². The number of nitrogens with zero attached hydrogens (tertiary/aromatic N) is 1. The first kappa shape index (κ1) is 52.4. The van der Waals surface area contributed by atoms with E-state index in [0.717, 1.165) is 37.9 Å². The van der Waals surface area contributed by atoms with E-state index < -0.39 is 144 Å². The number of halogens is 20. The molecule has 0 bridgehead atoms. The maximum Gasteiger partial charge on any atom is 0.228 e. The Morgan fingerprint density at radius 3 is 1.01 bits per heavy atom. The van der Waals surface area contributed by atoms with Gasteiger partial charge in [-0.2, -0.15) is 4.57 Å². The Hall–Kier alpha value is -8.50. The fourth-order valence-corrected chi connectivity index (χ4v) is 9.45. The third kappa shape index (κ3) is 7.92. The molecule has 0 saturated heterocycles. The molecule has 0 aliphatic carbocycles. The molecule has 9 aromatic carbocycles. The topological polar surface area (TPSA) is 20.9 Å². The normalized spacial score (nSPS) is 11.8. The summed E-state index contributed by atoms with van der Waals surface area (Å²) in [6.07, 6.45) is -3.18. The van der Waals surface area contributed by atoms with Crippen LogP contribution in [0, 0.1) is 116 Å². The standard InChI is InChI=1S/C29H20NO.C24BF20/c31-28(19-30-14-13-20-7-1-4-11-24(20)18-30)29-26-12-6-5-10-23(26)16-25-15-21-8-2-3-9-22(21)17-27(25)29;26-5-1(6(27)14(35)21(42)13(5)34)25(2-7(28)15(36)22(43)16(37)8(2)29,3-9(30)17(38)23(44)18(39)10(3)31)4-11(32)19(40)24(45)20(41)12(4)33/h1-18H,19H2;/q+1;-1. The summed E-state index contributed by atoms with van der Waals surface area (Å²) in [5.41, 5.74) is -13.5. The van der Waals surface area contributed by atoms with E-state index in [1.807, 2.05) is 41.1 Å². The third-order valence-corrected chi connectivity index (χ3v) is 12.8. The van der Waals surface area contributed by atoms with E-state index >= 15 is 35.1 Å². The third-order valence-electron chi connectivity index (χ3n) is 12.8. The molecule has 0 saturated carbocycles. The molecule has 0 aliphatic heterocycles. The van der Waals surface area contributed by atoms with Gasteiger partial charge >= 0.3 is 0 Å². The van der Waals surface area contributed by atoms with Gasteiger partial charge in [0.2, 0.25) is 12.3 Å². The molecular weight excluding hydrogens is 1060 g/mol. The highest BCUT2D eigenvalue weighted by molar-refractivity contribution is 7.20.